The van der Waals surface area contributed by atoms with Crippen LogP contribution >= 0.6 is 11.8 Å². The van der Waals surface area contributed by atoms with E-state index in [1.54, 1.807) is 35.0 Å². The van der Waals surface area contributed by atoms with E-state index in [0.717, 1.165) is 27.7 Å². The highest BCUT2D eigenvalue weighted by Gasteiger charge is 2.18. The summed E-state index contributed by atoms with van der Waals surface area (Å²) in [6.07, 6.45) is 5.77. The number of nitrogens with zero attached hydrogens (tertiary/aromatic N) is 4. The number of pyridine rings is 2. The summed E-state index contributed by atoms with van der Waals surface area (Å²) in [5.74, 6) is 1.30. The van der Waals surface area contributed by atoms with Gasteiger partial charge in [-0.3, -0.25) is 4.79 Å². The topological polar surface area (TPSA) is 72.7 Å². The molecule has 7 heteroatoms. The van der Waals surface area contributed by atoms with Gasteiger partial charge >= 0.3 is 0 Å². The van der Waals surface area contributed by atoms with Crippen LogP contribution in [0.3, 0.4) is 0 Å². The molecular weight excluding hydrogens is 394 g/mol. The zero-order chi connectivity index (χ0) is 20.8. The third-order valence-corrected chi connectivity index (χ3v) is 5.54. The van der Waals surface area contributed by atoms with E-state index in [9.17, 15) is 4.79 Å². The molecular formula is C23H21N5OS. The van der Waals surface area contributed by atoms with Crippen molar-refractivity contribution in [2.24, 2.45) is 0 Å². The van der Waals surface area contributed by atoms with Crippen molar-refractivity contribution < 1.29 is 4.79 Å². The van der Waals surface area contributed by atoms with Gasteiger partial charge in [0.05, 0.1) is 22.5 Å². The second-order valence-electron chi connectivity index (χ2n) is 6.57. The highest BCUT2D eigenvalue weighted by molar-refractivity contribution is 7.98. The van der Waals surface area contributed by atoms with Gasteiger partial charge in [-0.25, -0.2) is 14.6 Å². The minimum Gasteiger partial charge on any atom is -0.322 e. The minimum absolute atomic E-state index is 0.177. The van der Waals surface area contributed by atoms with Crippen molar-refractivity contribution in [2.45, 2.75) is 24.1 Å². The third kappa shape index (κ3) is 4.58. The molecule has 3 heterocycles. The first-order valence-electron chi connectivity index (χ1n) is 9.67. The molecule has 0 aliphatic rings. The van der Waals surface area contributed by atoms with Crippen LogP contribution in [-0.4, -0.2) is 25.7 Å². The Kier molecular flexibility index (Phi) is 6.20. The predicted molar refractivity (Wildman–Crippen MR) is 119 cm³/mol. The fourth-order valence-corrected chi connectivity index (χ4v) is 3.91. The highest BCUT2D eigenvalue weighted by atomic mass is 32.2. The van der Waals surface area contributed by atoms with Crippen LogP contribution in [0, 0.1) is 0 Å². The molecule has 0 saturated carbocycles. The number of hydrogen-bond acceptors (Lipinski definition) is 5. The molecule has 3 aromatic heterocycles. The van der Waals surface area contributed by atoms with Gasteiger partial charge in [-0.15, -0.1) is 11.8 Å². The van der Waals surface area contributed by atoms with Crippen molar-refractivity contribution in [1.29, 1.82) is 0 Å². The number of nitrogens with one attached hydrogen (secondary N) is 1. The van der Waals surface area contributed by atoms with Gasteiger partial charge in [0.15, 0.2) is 5.82 Å². The van der Waals surface area contributed by atoms with E-state index in [2.05, 4.69) is 20.4 Å². The summed E-state index contributed by atoms with van der Waals surface area (Å²) in [6.45, 7) is 2.00. The van der Waals surface area contributed by atoms with Gasteiger partial charge in [0.25, 0.3) is 5.91 Å². The van der Waals surface area contributed by atoms with Gasteiger partial charge in [0.2, 0.25) is 0 Å². The summed E-state index contributed by atoms with van der Waals surface area (Å²) < 4.78 is 1.72. The number of hydrogen-bond donors (Lipinski definition) is 1. The molecule has 0 atom stereocenters. The van der Waals surface area contributed by atoms with Crippen LogP contribution in [0.15, 0.2) is 84.3 Å². The van der Waals surface area contributed by atoms with Crippen LogP contribution in [0.1, 0.15) is 28.5 Å². The first-order valence-corrected chi connectivity index (χ1v) is 10.7. The zero-order valence-electron chi connectivity index (χ0n) is 16.5. The Bertz CT molecular complexity index is 1130. The van der Waals surface area contributed by atoms with E-state index < -0.39 is 0 Å². The van der Waals surface area contributed by atoms with Crippen LogP contribution < -0.4 is 5.32 Å². The summed E-state index contributed by atoms with van der Waals surface area (Å²) in [6, 6.07) is 19.4. The van der Waals surface area contributed by atoms with Gasteiger partial charge in [-0.1, -0.05) is 31.2 Å². The molecule has 0 saturated heterocycles. The third-order valence-electron chi connectivity index (χ3n) is 4.52. The number of thioether (sulfide) groups is 1. The molecule has 1 amide bonds. The molecule has 4 rings (SSSR count). The average Bonchev–Trinajstić information content (AvgIpc) is 3.24. The lowest BCUT2D eigenvalue weighted by molar-refractivity contribution is 0.102. The number of benzene rings is 1. The fourth-order valence-electron chi connectivity index (χ4n) is 3.11. The molecule has 0 aliphatic carbocycles. The number of amides is 1. The van der Waals surface area contributed by atoms with Crippen LogP contribution in [0.4, 0.5) is 5.69 Å². The normalized spacial score (nSPS) is 10.7. The number of carbonyl (C=O) groups is 1. The van der Waals surface area contributed by atoms with Gasteiger partial charge in [0, 0.05) is 23.8 Å². The van der Waals surface area contributed by atoms with Gasteiger partial charge in [-0.05, 0) is 48.4 Å². The van der Waals surface area contributed by atoms with Crippen molar-refractivity contribution in [3.63, 3.8) is 0 Å². The molecule has 1 aromatic carbocycles. The molecule has 0 aliphatic heterocycles. The molecule has 0 fully saturated rings. The van der Waals surface area contributed by atoms with Crippen LogP contribution in [0.2, 0.25) is 0 Å². The van der Waals surface area contributed by atoms with Crippen molar-refractivity contribution in [3.05, 3.63) is 96.1 Å². The van der Waals surface area contributed by atoms with Crippen molar-refractivity contribution in [3.8, 4) is 5.82 Å². The molecule has 1 N–H and O–H groups in total. The van der Waals surface area contributed by atoms with Crippen LogP contribution in [0.25, 0.3) is 5.82 Å². The molecule has 150 valence electrons. The second kappa shape index (κ2) is 9.37. The maximum absolute atomic E-state index is 12.9. The second-order valence-corrected chi connectivity index (χ2v) is 7.57. The zero-order valence-corrected chi connectivity index (χ0v) is 17.3. The maximum Gasteiger partial charge on any atom is 0.259 e. The lowest BCUT2D eigenvalue weighted by atomic mass is 10.1. The van der Waals surface area contributed by atoms with E-state index in [1.807, 2.05) is 67.6 Å². The fraction of sp³-hybridized carbons (Fsp3) is 0.130. The Morgan fingerprint density at radius 3 is 2.60 bits per heavy atom. The number of anilines is 1. The van der Waals surface area contributed by atoms with Crippen molar-refractivity contribution in [2.75, 3.05) is 5.32 Å². The molecule has 30 heavy (non-hydrogen) atoms. The van der Waals surface area contributed by atoms with Gasteiger partial charge < -0.3 is 5.32 Å². The SMILES string of the molecule is CCc1c(C(=O)Nc2cccc(CSc3ccccn3)c2)cnn1-c1ccccn1. The summed E-state index contributed by atoms with van der Waals surface area (Å²) in [5.41, 5.74) is 3.25. The molecule has 4 aromatic rings. The van der Waals surface area contributed by atoms with Crippen LogP contribution in [-0.2, 0) is 12.2 Å². The Hall–Kier alpha value is -3.45. The minimum atomic E-state index is -0.177. The van der Waals surface area contributed by atoms with Gasteiger partial charge in [-0.2, -0.15) is 5.10 Å². The Morgan fingerprint density at radius 2 is 1.87 bits per heavy atom. The Labute approximate surface area is 179 Å². The van der Waals surface area contributed by atoms with E-state index in [1.165, 1.54) is 0 Å². The monoisotopic (exact) mass is 415 g/mol. The molecule has 0 bridgehead atoms. The van der Waals surface area contributed by atoms with Gasteiger partial charge in [0.1, 0.15) is 0 Å². The summed E-state index contributed by atoms with van der Waals surface area (Å²) >= 11 is 1.66. The predicted octanol–water partition coefficient (Wildman–Crippen LogP) is 4.77. The van der Waals surface area contributed by atoms with Crippen molar-refractivity contribution in [1.82, 2.24) is 19.7 Å². The van der Waals surface area contributed by atoms with Crippen LogP contribution in [0.5, 0.6) is 0 Å². The quantitative estimate of drug-likeness (QED) is 0.440. The summed E-state index contributed by atoms with van der Waals surface area (Å²) in [7, 11) is 0. The molecule has 0 unspecified atom stereocenters. The first kappa shape index (κ1) is 19.8. The average molecular weight is 416 g/mol. The van der Waals surface area contributed by atoms with Crippen molar-refractivity contribution >= 4 is 23.4 Å². The lowest BCUT2D eigenvalue weighted by Crippen LogP contribution is -2.14. The standard InChI is InChI=1S/C23H21N5OS/c1-2-20-19(15-26-28(20)21-10-3-5-12-24-21)23(29)27-18-9-7-8-17(14-18)16-30-22-11-4-6-13-25-22/h3-15H,2,16H2,1H3,(H,27,29). The molecule has 6 nitrogen and oxygen atoms in total. The lowest BCUT2D eigenvalue weighted by Gasteiger charge is -2.09. The highest BCUT2D eigenvalue weighted by Crippen LogP contribution is 2.23. The number of rotatable bonds is 7. The van der Waals surface area contributed by atoms with E-state index >= 15 is 0 Å². The maximum atomic E-state index is 12.9. The number of aromatic nitrogens is 4. The summed E-state index contributed by atoms with van der Waals surface area (Å²) in [5, 5.41) is 8.36. The molecule has 0 spiro atoms. The first-order chi connectivity index (χ1) is 14.7. The smallest absolute Gasteiger partial charge is 0.259 e. The number of carbonyl (C=O) groups excluding carboxylic acids is 1. The van der Waals surface area contributed by atoms with E-state index in [0.29, 0.717) is 17.8 Å². The largest absolute Gasteiger partial charge is 0.322 e. The Morgan fingerprint density at radius 1 is 1.03 bits per heavy atom. The van der Waals surface area contributed by atoms with E-state index in [-0.39, 0.29) is 5.91 Å². The molecule has 0 radical (unpaired) electrons. The van der Waals surface area contributed by atoms with E-state index in [4.69, 9.17) is 0 Å². The Balaban J connectivity index is 1.48. The summed E-state index contributed by atoms with van der Waals surface area (Å²) in [4.78, 5) is 21.6.